The summed E-state index contributed by atoms with van der Waals surface area (Å²) >= 11 is 7.56. The van der Waals surface area contributed by atoms with Crippen LogP contribution in [-0.4, -0.2) is 34.2 Å². The number of aromatic nitrogens is 1. The first-order chi connectivity index (χ1) is 15.7. The Bertz CT molecular complexity index is 1040. The quantitative estimate of drug-likeness (QED) is 0.438. The summed E-state index contributed by atoms with van der Waals surface area (Å²) < 4.78 is 0. The summed E-state index contributed by atoms with van der Waals surface area (Å²) in [5.74, 6) is 0.00321. The highest BCUT2D eigenvalue weighted by Gasteiger charge is 2.31. The van der Waals surface area contributed by atoms with Crippen molar-refractivity contribution in [2.45, 2.75) is 58.6 Å². The zero-order valence-corrected chi connectivity index (χ0v) is 21.2. The van der Waals surface area contributed by atoms with Gasteiger partial charge in [-0.25, -0.2) is 4.98 Å². The van der Waals surface area contributed by atoms with E-state index < -0.39 is 5.60 Å². The van der Waals surface area contributed by atoms with E-state index >= 15 is 0 Å². The second-order valence-corrected chi connectivity index (χ2v) is 10.5. The number of carbonyl (C=O) groups is 1. The number of anilines is 2. The van der Waals surface area contributed by atoms with Crippen molar-refractivity contribution in [3.8, 4) is 11.3 Å². The minimum atomic E-state index is -0.500. The van der Waals surface area contributed by atoms with Gasteiger partial charge < -0.3 is 15.3 Å². The lowest BCUT2D eigenvalue weighted by Gasteiger charge is -2.25. The van der Waals surface area contributed by atoms with Gasteiger partial charge in [0.15, 0.2) is 5.13 Å². The molecule has 2 N–H and O–H groups in total. The molecule has 2 heterocycles. The molecule has 2 aromatic carbocycles. The van der Waals surface area contributed by atoms with Crippen LogP contribution >= 0.6 is 22.9 Å². The van der Waals surface area contributed by atoms with Crippen molar-refractivity contribution >= 4 is 39.7 Å². The molecule has 0 bridgehead atoms. The molecule has 5 nitrogen and oxygen atoms in total. The number of nitrogens with zero attached hydrogens (tertiary/aromatic N) is 2. The highest BCUT2D eigenvalue weighted by molar-refractivity contribution is 7.16. The van der Waals surface area contributed by atoms with Crippen LogP contribution in [0.15, 0.2) is 54.6 Å². The molecule has 1 fully saturated rings. The molecule has 1 aliphatic heterocycles. The molecule has 0 radical (unpaired) electrons. The summed E-state index contributed by atoms with van der Waals surface area (Å²) in [7, 11) is 0. The van der Waals surface area contributed by atoms with E-state index in [2.05, 4.69) is 29.3 Å². The number of hydrogen-bond acceptors (Lipinski definition) is 5. The lowest BCUT2D eigenvalue weighted by Crippen LogP contribution is -2.39. The second kappa shape index (κ2) is 11.1. The molecule has 4 rings (SSSR count). The highest BCUT2D eigenvalue weighted by atomic mass is 35.5. The van der Waals surface area contributed by atoms with Gasteiger partial charge in [-0.3, -0.25) is 4.79 Å². The standard InChI is InChI=1S/C22H22ClN3OS.C4H10O/c1-2-19-20(15-7-4-3-5-8-15)24-22(28-19)25-21(27)18-9-6-14-26(18)17-12-10-16(23)11-13-17;1-4(2,3)5/h3-5,7-8,10-13,18H,2,6,9,14H2,1H3,(H,24,25,27);5H,1-3H3. The van der Waals surface area contributed by atoms with Crippen LogP contribution < -0.4 is 10.2 Å². The van der Waals surface area contributed by atoms with E-state index in [-0.39, 0.29) is 11.9 Å². The first-order valence-electron chi connectivity index (χ1n) is 11.3. The van der Waals surface area contributed by atoms with Crippen molar-refractivity contribution < 1.29 is 9.90 Å². The Labute approximate surface area is 205 Å². The number of carbonyl (C=O) groups excluding carboxylic acids is 1. The molecule has 1 aromatic heterocycles. The van der Waals surface area contributed by atoms with Crippen molar-refractivity contribution in [1.82, 2.24) is 4.98 Å². The smallest absolute Gasteiger partial charge is 0.248 e. The van der Waals surface area contributed by atoms with Gasteiger partial charge in [0.25, 0.3) is 0 Å². The number of thiazole rings is 1. The Morgan fingerprint density at radius 3 is 2.42 bits per heavy atom. The minimum Gasteiger partial charge on any atom is -0.391 e. The topological polar surface area (TPSA) is 65.5 Å². The number of aliphatic hydroxyl groups is 1. The first-order valence-corrected chi connectivity index (χ1v) is 12.5. The average Bonchev–Trinajstić information content (AvgIpc) is 3.41. The molecule has 7 heteroatoms. The fraction of sp³-hybridized carbons (Fsp3) is 0.385. The van der Waals surface area contributed by atoms with Crippen LogP contribution in [0.5, 0.6) is 0 Å². The third kappa shape index (κ3) is 7.29. The number of aryl methyl sites for hydroxylation is 1. The normalized spacial score (nSPS) is 15.7. The molecule has 0 aliphatic carbocycles. The van der Waals surface area contributed by atoms with Gasteiger partial charge in [0, 0.05) is 27.7 Å². The number of halogens is 1. The Morgan fingerprint density at radius 2 is 1.82 bits per heavy atom. The van der Waals surface area contributed by atoms with Gasteiger partial charge in [-0.15, -0.1) is 11.3 Å². The first kappa shape index (κ1) is 25.2. The third-order valence-electron chi connectivity index (χ3n) is 5.01. The highest BCUT2D eigenvalue weighted by Crippen LogP contribution is 2.33. The van der Waals surface area contributed by atoms with Gasteiger partial charge in [-0.2, -0.15) is 0 Å². The predicted molar refractivity (Wildman–Crippen MR) is 139 cm³/mol. The maximum atomic E-state index is 13.0. The molecule has 1 amide bonds. The van der Waals surface area contributed by atoms with Gasteiger partial charge >= 0.3 is 0 Å². The Hall–Kier alpha value is -2.41. The lowest BCUT2D eigenvalue weighted by atomic mass is 10.1. The fourth-order valence-corrected chi connectivity index (χ4v) is 4.69. The summed E-state index contributed by atoms with van der Waals surface area (Å²) in [5, 5.41) is 13.0. The molecule has 3 aromatic rings. The van der Waals surface area contributed by atoms with Gasteiger partial charge in [0.05, 0.1) is 11.3 Å². The third-order valence-corrected chi connectivity index (χ3v) is 6.38. The Kier molecular flexibility index (Phi) is 8.51. The molecular weight excluding hydrogens is 454 g/mol. The molecule has 1 unspecified atom stereocenters. The van der Waals surface area contributed by atoms with Crippen LogP contribution in [0.25, 0.3) is 11.3 Å². The monoisotopic (exact) mass is 485 g/mol. The van der Waals surface area contributed by atoms with E-state index in [0.717, 1.165) is 42.8 Å². The van der Waals surface area contributed by atoms with Crippen LogP contribution in [0.2, 0.25) is 5.02 Å². The molecule has 0 saturated carbocycles. The SMILES string of the molecule is CC(C)(C)O.CCc1sc(NC(=O)C2CCCN2c2ccc(Cl)cc2)nc1-c1ccccc1. The van der Waals surface area contributed by atoms with E-state index in [1.54, 1.807) is 32.1 Å². The van der Waals surface area contributed by atoms with E-state index in [1.165, 1.54) is 4.88 Å². The Balaban J connectivity index is 0.000000555. The van der Waals surface area contributed by atoms with Crippen LogP contribution in [0.4, 0.5) is 10.8 Å². The van der Waals surface area contributed by atoms with Crippen LogP contribution in [-0.2, 0) is 11.2 Å². The van der Waals surface area contributed by atoms with Gasteiger partial charge in [0.2, 0.25) is 5.91 Å². The number of benzene rings is 2. The van der Waals surface area contributed by atoms with Crippen molar-refractivity contribution in [3.05, 3.63) is 64.5 Å². The predicted octanol–water partition coefficient (Wildman–Crippen LogP) is 6.41. The van der Waals surface area contributed by atoms with Crippen molar-refractivity contribution in [3.63, 3.8) is 0 Å². The summed E-state index contributed by atoms with van der Waals surface area (Å²) in [5.41, 5.74) is 2.57. The summed E-state index contributed by atoms with van der Waals surface area (Å²) in [6, 6.07) is 17.6. The fourth-order valence-electron chi connectivity index (χ4n) is 3.64. The zero-order valence-electron chi connectivity index (χ0n) is 19.6. The van der Waals surface area contributed by atoms with Crippen LogP contribution in [0.1, 0.15) is 45.4 Å². The minimum absolute atomic E-state index is 0.00321. The molecular formula is C26H32ClN3O2S. The molecule has 1 saturated heterocycles. The largest absolute Gasteiger partial charge is 0.391 e. The van der Waals surface area contributed by atoms with Crippen LogP contribution in [0.3, 0.4) is 0 Å². The number of rotatable bonds is 5. The van der Waals surface area contributed by atoms with Crippen molar-refractivity contribution in [2.75, 3.05) is 16.8 Å². The zero-order chi connectivity index (χ0) is 24.0. The number of amides is 1. The van der Waals surface area contributed by atoms with Crippen molar-refractivity contribution in [2.24, 2.45) is 0 Å². The molecule has 176 valence electrons. The molecule has 33 heavy (non-hydrogen) atoms. The second-order valence-electron chi connectivity index (χ2n) is 9.00. The van der Waals surface area contributed by atoms with E-state index in [9.17, 15) is 4.79 Å². The molecule has 1 atom stereocenters. The van der Waals surface area contributed by atoms with Gasteiger partial charge in [-0.05, 0) is 64.3 Å². The van der Waals surface area contributed by atoms with Gasteiger partial charge in [0.1, 0.15) is 6.04 Å². The Morgan fingerprint density at radius 1 is 1.18 bits per heavy atom. The summed E-state index contributed by atoms with van der Waals surface area (Å²) in [6.07, 6.45) is 2.72. The van der Waals surface area contributed by atoms with Crippen molar-refractivity contribution in [1.29, 1.82) is 0 Å². The summed E-state index contributed by atoms with van der Waals surface area (Å²) in [4.78, 5) is 21.1. The average molecular weight is 486 g/mol. The summed E-state index contributed by atoms with van der Waals surface area (Å²) in [6.45, 7) is 8.21. The van der Waals surface area contributed by atoms with Gasteiger partial charge in [-0.1, -0.05) is 48.9 Å². The molecule has 0 spiro atoms. The maximum absolute atomic E-state index is 13.0. The number of hydrogen-bond donors (Lipinski definition) is 2. The number of nitrogens with one attached hydrogen (secondary N) is 1. The maximum Gasteiger partial charge on any atom is 0.248 e. The van der Waals surface area contributed by atoms with Crippen LogP contribution in [0, 0.1) is 0 Å². The van der Waals surface area contributed by atoms with E-state index in [1.807, 2.05) is 42.5 Å². The lowest BCUT2D eigenvalue weighted by molar-refractivity contribution is -0.117. The van der Waals surface area contributed by atoms with E-state index in [4.69, 9.17) is 21.7 Å². The molecule has 1 aliphatic rings. The van der Waals surface area contributed by atoms with E-state index in [0.29, 0.717) is 10.2 Å².